The molecule has 84 valence electrons. The molecule has 0 aliphatic carbocycles. The molecular formula is C11H19N3O. The van der Waals surface area contributed by atoms with Crippen molar-refractivity contribution in [1.29, 1.82) is 5.26 Å². The summed E-state index contributed by atoms with van der Waals surface area (Å²) in [6.07, 6.45) is 1.31. The molecule has 4 heteroatoms. The van der Waals surface area contributed by atoms with Crippen LogP contribution in [0.5, 0.6) is 0 Å². The number of nitriles is 1. The Balaban J connectivity index is 2.78. The Labute approximate surface area is 91.5 Å². The lowest BCUT2D eigenvalue weighted by molar-refractivity contribution is -0.141. The van der Waals surface area contributed by atoms with Crippen LogP contribution in [-0.4, -0.2) is 47.9 Å². The van der Waals surface area contributed by atoms with Crippen molar-refractivity contribution in [3.63, 3.8) is 0 Å². The summed E-state index contributed by atoms with van der Waals surface area (Å²) in [7, 11) is 1.81. The van der Waals surface area contributed by atoms with Gasteiger partial charge < -0.3 is 4.90 Å². The summed E-state index contributed by atoms with van der Waals surface area (Å²) in [6.45, 7) is 5.87. The van der Waals surface area contributed by atoms with Crippen molar-refractivity contribution >= 4 is 5.91 Å². The second-order valence-electron chi connectivity index (χ2n) is 4.13. The Morgan fingerprint density at radius 1 is 1.60 bits per heavy atom. The number of carbonyl (C=O) groups is 1. The highest BCUT2D eigenvalue weighted by molar-refractivity contribution is 5.82. The number of piperazine rings is 1. The van der Waals surface area contributed by atoms with E-state index < -0.39 is 0 Å². The van der Waals surface area contributed by atoms with Crippen molar-refractivity contribution < 1.29 is 4.79 Å². The summed E-state index contributed by atoms with van der Waals surface area (Å²) in [5.41, 5.74) is 0. The lowest BCUT2D eigenvalue weighted by Crippen LogP contribution is -2.58. The second kappa shape index (κ2) is 5.13. The Bertz CT molecular complexity index is 271. The second-order valence-corrected chi connectivity index (χ2v) is 4.13. The number of hydrogen-bond acceptors (Lipinski definition) is 3. The van der Waals surface area contributed by atoms with Crippen molar-refractivity contribution in [3.8, 4) is 6.07 Å². The summed E-state index contributed by atoms with van der Waals surface area (Å²) in [5.74, 6) is 0.0862. The molecule has 1 heterocycles. The minimum absolute atomic E-state index is 0.0862. The van der Waals surface area contributed by atoms with Crippen LogP contribution in [0.25, 0.3) is 0 Å². The standard InChI is InChI=1S/C11H19N3O/c1-4-9(2)14-8-7-13(3)11(15)10(14)5-6-12/h9-10H,4-5,7-8H2,1-3H3. The first-order valence-electron chi connectivity index (χ1n) is 5.49. The molecule has 0 aromatic heterocycles. The summed E-state index contributed by atoms with van der Waals surface area (Å²) in [4.78, 5) is 15.8. The minimum Gasteiger partial charge on any atom is -0.343 e. The van der Waals surface area contributed by atoms with Crippen LogP contribution in [0, 0.1) is 11.3 Å². The van der Waals surface area contributed by atoms with E-state index in [0.717, 1.165) is 19.5 Å². The van der Waals surface area contributed by atoms with E-state index in [1.807, 2.05) is 0 Å². The van der Waals surface area contributed by atoms with E-state index in [9.17, 15) is 4.79 Å². The van der Waals surface area contributed by atoms with Crippen LogP contribution in [0.1, 0.15) is 26.7 Å². The van der Waals surface area contributed by atoms with E-state index >= 15 is 0 Å². The Kier molecular flexibility index (Phi) is 4.10. The molecule has 0 aromatic rings. The molecule has 1 saturated heterocycles. The molecule has 1 aliphatic heterocycles. The van der Waals surface area contributed by atoms with Gasteiger partial charge in [0.15, 0.2) is 0 Å². The van der Waals surface area contributed by atoms with Gasteiger partial charge in [-0.15, -0.1) is 0 Å². The van der Waals surface area contributed by atoms with Gasteiger partial charge in [0.25, 0.3) is 0 Å². The predicted octanol–water partition coefficient (Wildman–Crippen LogP) is 0.841. The van der Waals surface area contributed by atoms with E-state index in [0.29, 0.717) is 12.5 Å². The molecule has 0 radical (unpaired) electrons. The molecule has 1 aliphatic rings. The molecular weight excluding hydrogens is 190 g/mol. The largest absolute Gasteiger partial charge is 0.343 e. The first-order chi connectivity index (χ1) is 7.11. The quantitative estimate of drug-likeness (QED) is 0.692. The maximum atomic E-state index is 11.9. The molecule has 15 heavy (non-hydrogen) atoms. The molecule has 4 nitrogen and oxygen atoms in total. The average molecular weight is 209 g/mol. The molecule has 0 aromatic carbocycles. The Morgan fingerprint density at radius 3 is 2.80 bits per heavy atom. The van der Waals surface area contributed by atoms with E-state index in [1.54, 1.807) is 11.9 Å². The zero-order valence-electron chi connectivity index (χ0n) is 9.73. The van der Waals surface area contributed by atoms with Crippen LogP contribution in [0.15, 0.2) is 0 Å². The van der Waals surface area contributed by atoms with Gasteiger partial charge in [0.2, 0.25) is 5.91 Å². The maximum absolute atomic E-state index is 11.9. The average Bonchev–Trinajstić information content (AvgIpc) is 2.24. The molecule has 0 N–H and O–H groups in total. The third-order valence-electron chi connectivity index (χ3n) is 3.20. The number of amides is 1. The van der Waals surface area contributed by atoms with Crippen LogP contribution >= 0.6 is 0 Å². The molecule has 0 saturated carbocycles. The van der Waals surface area contributed by atoms with Gasteiger partial charge in [-0.3, -0.25) is 9.69 Å². The Morgan fingerprint density at radius 2 is 2.27 bits per heavy atom. The lowest BCUT2D eigenvalue weighted by atomic mass is 10.0. The topological polar surface area (TPSA) is 47.3 Å². The monoisotopic (exact) mass is 209 g/mol. The number of hydrogen-bond donors (Lipinski definition) is 0. The van der Waals surface area contributed by atoms with E-state index in [-0.39, 0.29) is 11.9 Å². The predicted molar refractivity (Wildman–Crippen MR) is 58.1 cm³/mol. The van der Waals surface area contributed by atoms with Crippen LogP contribution in [0.4, 0.5) is 0 Å². The van der Waals surface area contributed by atoms with Gasteiger partial charge in [-0.25, -0.2) is 0 Å². The fourth-order valence-corrected chi connectivity index (χ4v) is 1.98. The highest BCUT2D eigenvalue weighted by atomic mass is 16.2. The number of carbonyl (C=O) groups excluding carboxylic acids is 1. The highest BCUT2D eigenvalue weighted by Gasteiger charge is 2.34. The molecule has 0 spiro atoms. The van der Waals surface area contributed by atoms with Gasteiger partial charge in [0.05, 0.1) is 12.5 Å². The highest BCUT2D eigenvalue weighted by Crippen LogP contribution is 2.17. The lowest BCUT2D eigenvalue weighted by Gasteiger charge is -2.41. The summed E-state index contributed by atoms with van der Waals surface area (Å²) < 4.78 is 0. The van der Waals surface area contributed by atoms with Gasteiger partial charge >= 0.3 is 0 Å². The SMILES string of the molecule is CCC(C)N1CCN(C)C(=O)C1CC#N. The first-order valence-corrected chi connectivity index (χ1v) is 5.49. The zero-order chi connectivity index (χ0) is 11.4. The number of likely N-dealkylation sites (N-methyl/N-ethyl adjacent to an activating group) is 1. The van der Waals surface area contributed by atoms with Gasteiger partial charge in [0.1, 0.15) is 6.04 Å². The van der Waals surface area contributed by atoms with E-state index in [4.69, 9.17) is 5.26 Å². The van der Waals surface area contributed by atoms with Crippen molar-refractivity contribution in [2.45, 2.75) is 38.8 Å². The van der Waals surface area contributed by atoms with Crippen LogP contribution in [0.2, 0.25) is 0 Å². The van der Waals surface area contributed by atoms with Crippen molar-refractivity contribution in [3.05, 3.63) is 0 Å². The van der Waals surface area contributed by atoms with Gasteiger partial charge in [-0.2, -0.15) is 5.26 Å². The van der Waals surface area contributed by atoms with Gasteiger partial charge in [-0.05, 0) is 13.3 Å². The summed E-state index contributed by atoms with van der Waals surface area (Å²) in [6, 6.07) is 2.25. The molecule has 1 amide bonds. The molecule has 0 bridgehead atoms. The van der Waals surface area contributed by atoms with Crippen LogP contribution in [-0.2, 0) is 4.79 Å². The van der Waals surface area contributed by atoms with Gasteiger partial charge in [0, 0.05) is 26.2 Å². The molecule has 1 rings (SSSR count). The number of nitrogens with zero attached hydrogens (tertiary/aromatic N) is 3. The van der Waals surface area contributed by atoms with Crippen LogP contribution in [0.3, 0.4) is 0 Å². The molecule has 1 fully saturated rings. The maximum Gasteiger partial charge on any atom is 0.240 e. The first kappa shape index (κ1) is 12.0. The fraction of sp³-hybridized carbons (Fsp3) is 0.818. The van der Waals surface area contributed by atoms with Crippen molar-refractivity contribution in [2.75, 3.05) is 20.1 Å². The van der Waals surface area contributed by atoms with Crippen molar-refractivity contribution in [1.82, 2.24) is 9.80 Å². The number of rotatable bonds is 3. The summed E-state index contributed by atoms with van der Waals surface area (Å²) in [5, 5.41) is 8.75. The van der Waals surface area contributed by atoms with Gasteiger partial charge in [-0.1, -0.05) is 6.92 Å². The van der Waals surface area contributed by atoms with E-state index in [2.05, 4.69) is 24.8 Å². The van der Waals surface area contributed by atoms with E-state index in [1.165, 1.54) is 0 Å². The fourth-order valence-electron chi connectivity index (χ4n) is 1.98. The van der Waals surface area contributed by atoms with Crippen molar-refractivity contribution in [2.24, 2.45) is 0 Å². The minimum atomic E-state index is -0.233. The summed E-state index contributed by atoms with van der Waals surface area (Å²) >= 11 is 0. The third-order valence-corrected chi connectivity index (χ3v) is 3.20. The third kappa shape index (κ3) is 2.48. The normalized spacial score (nSPS) is 25.1. The molecule has 2 atom stereocenters. The van der Waals surface area contributed by atoms with Crippen LogP contribution < -0.4 is 0 Å². The Hall–Kier alpha value is -1.08. The smallest absolute Gasteiger partial charge is 0.240 e. The zero-order valence-corrected chi connectivity index (χ0v) is 9.73. The molecule has 2 unspecified atom stereocenters.